The molecule has 1 fully saturated rings. The highest BCUT2D eigenvalue weighted by molar-refractivity contribution is 6.32. The first-order chi connectivity index (χ1) is 12.2. The highest BCUT2D eigenvalue weighted by Gasteiger charge is 2.41. The highest BCUT2D eigenvalue weighted by atomic mass is 35.5. The topological polar surface area (TPSA) is 88.6 Å². The predicted molar refractivity (Wildman–Crippen MR) is 109 cm³/mol. The standard InChI is InChI=1S/C17H17ClN6O.2ClH/c1-19-17(5-6-17)10-25-13-8-14(15(18)20-9-13)11-3-2-4-12(7-11)16-21-23-24-22-16;;/h2-4,7-9,19H,5-6,10H2,1H3,(H,21,22,23,24);2*1H. The maximum absolute atomic E-state index is 6.31. The van der Waals surface area contributed by atoms with Crippen molar-refractivity contribution in [2.45, 2.75) is 18.4 Å². The molecule has 1 saturated carbocycles. The van der Waals surface area contributed by atoms with Gasteiger partial charge in [-0.3, -0.25) is 0 Å². The highest BCUT2D eigenvalue weighted by Crippen LogP contribution is 2.36. The predicted octanol–water partition coefficient (Wildman–Crippen LogP) is 3.56. The number of rotatable bonds is 6. The summed E-state index contributed by atoms with van der Waals surface area (Å²) in [5.41, 5.74) is 2.68. The molecular weight excluding hydrogens is 411 g/mol. The van der Waals surface area contributed by atoms with E-state index in [-0.39, 0.29) is 30.4 Å². The third-order valence-corrected chi connectivity index (χ3v) is 4.79. The van der Waals surface area contributed by atoms with Crippen molar-refractivity contribution < 1.29 is 4.74 Å². The molecule has 1 aromatic carbocycles. The van der Waals surface area contributed by atoms with Gasteiger partial charge in [-0.1, -0.05) is 29.8 Å². The average molecular weight is 430 g/mol. The van der Waals surface area contributed by atoms with E-state index in [1.165, 1.54) is 0 Å². The minimum atomic E-state index is 0. The molecule has 10 heteroatoms. The number of tetrazole rings is 1. The van der Waals surface area contributed by atoms with Crippen molar-refractivity contribution in [1.82, 2.24) is 30.9 Å². The number of H-pyrrole nitrogens is 1. The number of nitrogens with one attached hydrogen (secondary N) is 2. The van der Waals surface area contributed by atoms with E-state index in [0.717, 1.165) is 29.5 Å². The Morgan fingerprint density at radius 2 is 2.00 bits per heavy atom. The van der Waals surface area contributed by atoms with Crippen molar-refractivity contribution in [2.75, 3.05) is 13.7 Å². The van der Waals surface area contributed by atoms with Gasteiger partial charge in [-0.2, -0.15) is 5.21 Å². The van der Waals surface area contributed by atoms with Crippen LogP contribution < -0.4 is 10.1 Å². The van der Waals surface area contributed by atoms with Gasteiger partial charge in [0.05, 0.1) is 11.7 Å². The zero-order valence-electron chi connectivity index (χ0n) is 14.5. The number of halogens is 3. The van der Waals surface area contributed by atoms with E-state index in [0.29, 0.717) is 23.3 Å². The second-order valence-electron chi connectivity index (χ2n) is 6.14. The first kappa shape index (κ1) is 21.4. The molecule has 27 heavy (non-hydrogen) atoms. The average Bonchev–Trinajstić information content (AvgIpc) is 3.22. The molecule has 0 unspecified atom stereocenters. The fourth-order valence-corrected chi connectivity index (χ4v) is 2.87. The normalized spacial score (nSPS) is 14.0. The number of benzene rings is 1. The van der Waals surface area contributed by atoms with E-state index < -0.39 is 0 Å². The summed E-state index contributed by atoms with van der Waals surface area (Å²) in [6.45, 7) is 0.620. The number of likely N-dealkylation sites (N-methyl/N-ethyl adjacent to an activating group) is 1. The molecule has 0 bridgehead atoms. The van der Waals surface area contributed by atoms with Crippen LogP contribution in [0, 0.1) is 0 Å². The first-order valence-corrected chi connectivity index (χ1v) is 8.38. The van der Waals surface area contributed by atoms with Gasteiger partial charge in [0, 0.05) is 11.1 Å². The Morgan fingerprint density at radius 3 is 2.67 bits per heavy atom. The molecule has 1 aliphatic carbocycles. The van der Waals surface area contributed by atoms with Crippen molar-refractivity contribution in [3.8, 4) is 28.3 Å². The zero-order chi connectivity index (χ0) is 17.3. The minimum Gasteiger partial charge on any atom is -0.490 e. The summed E-state index contributed by atoms with van der Waals surface area (Å²) in [5, 5.41) is 17.8. The zero-order valence-corrected chi connectivity index (χ0v) is 16.9. The minimum absolute atomic E-state index is 0. The van der Waals surface area contributed by atoms with E-state index in [1.54, 1.807) is 6.20 Å². The summed E-state index contributed by atoms with van der Waals surface area (Å²) < 4.78 is 5.92. The van der Waals surface area contributed by atoms with Crippen LogP contribution in [-0.2, 0) is 0 Å². The number of aromatic nitrogens is 5. The van der Waals surface area contributed by atoms with Gasteiger partial charge < -0.3 is 10.1 Å². The lowest BCUT2D eigenvalue weighted by atomic mass is 10.0. The van der Waals surface area contributed by atoms with Gasteiger partial charge in [-0.25, -0.2) is 4.98 Å². The number of pyridine rings is 1. The number of nitrogens with zero attached hydrogens (tertiary/aromatic N) is 4. The van der Waals surface area contributed by atoms with E-state index in [2.05, 4.69) is 30.9 Å². The number of ether oxygens (including phenoxy) is 1. The summed E-state index contributed by atoms with van der Waals surface area (Å²) in [6, 6.07) is 9.67. The Hall–Kier alpha value is -1.93. The van der Waals surface area contributed by atoms with Crippen molar-refractivity contribution in [3.63, 3.8) is 0 Å². The summed E-state index contributed by atoms with van der Waals surface area (Å²) >= 11 is 6.31. The van der Waals surface area contributed by atoms with Gasteiger partial charge in [0.1, 0.15) is 17.5 Å². The monoisotopic (exact) mass is 428 g/mol. The summed E-state index contributed by atoms with van der Waals surface area (Å²) in [5.74, 6) is 1.23. The van der Waals surface area contributed by atoms with Gasteiger partial charge in [0.25, 0.3) is 0 Å². The van der Waals surface area contributed by atoms with Crippen molar-refractivity contribution in [2.24, 2.45) is 0 Å². The molecule has 2 N–H and O–H groups in total. The SMILES string of the molecule is CNC1(COc2cnc(Cl)c(-c3cccc(-c4nn[nH]n4)c3)c2)CC1.Cl.Cl. The molecule has 144 valence electrons. The third kappa shape index (κ3) is 4.68. The molecule has 2 heterocycles. The fourth-order valence-electron chi connectivity index (χ4n) is 2.66. The van der Waals surface area contributed by atoms with Crippen LogP contribution >= 0.6 is 36.4 Å². The fraction of sp³-hybridized carbons (Fsp3) is 0.294. The molecule has 0 amide bonds. The number of hydrogen-bond acceptors (Lipinski definition) is 6. The third-order valence-electron chi connectivity index (χ3n) is 4.49. The summed E-state index contributed by atoms with van der Waals surface area (Å²) in [4.78, 5) is 4.27. The maximum atomic E-state index is 6.31. The van der Waals surface area contributed by atoms with Gasteiger partial charge >= 0.3 is 0 Å². The van der Waals surface area contributed by atoms with Crippen molar-refractivity contribution >= 4 is 36.4 Å². The molecule has 2 aromatic heterocycles. The Balaban J connectivity index is 0.00000131. The Labute approximate surface area is 174 Å². The van der Waals surface area contributed by atoms with Gasteiger partial charge in [0.15, 0.2) is 0 Å². The number of aromatic amines is 1. The van der Waals surface area contributed by atoms with Crippen LogP contribution in [0.3, 0.4) is 0 Å². The van der Waals surface area contributed by atoms with Crippen molar-refractivity contribution in [3.05, 3.63) is 41.7 Å². The van der Waals surface area contributed by atoms with Crippen LogP contribution in [0.4, 0.5) is 0 Å². The van der Waals surface area contributed by atoms with Crippen LogP contribution in [0.1, 0.15) is 12.8 Å². The van der Waals surface area contributed by atoms with Crippen LogP contribution in [0.15, 0.2) is 36.5 Å². The lowest BCUT2D eigenvalue weighted by molar-refractivity contribution is 0.259. The van der Waals surface area contributed by atoms with Crippen LogP contribution in [0.25, 0.3) is 22.5 Å². The van der Waals surface area contributed by atoms with E-state index in [9.17, 15) is 0 Å². The largest absolute Gasteiger partial charge is 0.490 e. The van der Waals surface area contributed by atoms with Crippen LogP contribution in [0.2, 0.25) is 5.15 Å². The Kier molecular flexibility index (Phi) is 7.00. The molecule has 0 atom stereocenters. The van der Waals surface area contributed by atoms with Gasteiger partial charge in [-0.05, 0) is 42.8 Å². The molecule has 0 spiro atoms. The van der Waals surface area contributed by atoms with Crippen LogP contribution in [0.5, 0.6) is 5.75 Å². The van der Waals surface area contributed by atoms with E-state index in [4.69, 9.17) is 16.3 Å². The summed E-state index contributed by atoms with van der Waals surface area (Å²) in [6.07, 6.45) is 3.91. The van der Waals surface area contributed by atoms with Crippen LogP contribution in [-0.4, -0.2) is 44.8 Å². The van der Waals surface area contributed by atoms with Gasteiger partial charge in [0.2, 0.25) is 5.82 Å². The maximum Gasteiger partial charge on any atom is 0.204 e. The van der Waals surface area contributed by atoms with E-state index >= 15 is 0 Å². The first-order valence-electron chi connectivity index (χ1n) is 8.01. The molecule has 0 saturated heterocycles. The summed E-state index contributed by atoms with van der Waals surface area (Å²) in [7, 11) is 1.96. The Bertz CT molecular complexity index is 886. The molecule has 0 radical (unpaired) electrons. The second kappa shape index (κ2) is 8.84. The number of hydrogen-bond donors (Lipinski definition) is 2. The van der Waals surface area contributed by atoms with E-state index in [1.807, 2.05) is 37.4 Å². The lowest BCUT2D eigenvalue weighted by Crippen LogP contribution is -2.33. The van der Waals surface area contributed by atoms with Gasteiger partial charge in [-0.15, -0.1) is 35.0 Å². The molecular formula is C17H19Cl3N6O. The molecule has 7 nitrogen and oxygen atoms in total. The smallest absolute Gasteiger partial charge is 0.204 e. The van der Waals surface area contributed by atoms with Crippen molar-refractivity contribution in [1.29, 1.82) is 0 Å². The molecule has 3 aromatic rings. The lowest BCUT2D eigenvalue weighted by Gasteiger charge is -2.16. The molecule has 4 rings (SSSR count). The quantitative estimate of drug-likeness (QED) is 0.583. The molecule has 0 aliphatic heterocycles. The Morgan fingerprint density at radius 1 is 1.22 bits per heavy atom. The second-order valence-corrected chi connectivity index (χ2v) is 6.50. The molecule has 1 aliphatic rings.